The highest BCUT2D eigenvalue weighted by molar-refractivity contribution is 7.99. The summed E-state index contributed by atoms with van der Waals surface area (Å²) in [6.07, 6.45) is 5.39. The van der Waals surface area contributed by atoms with Gasteiger partial charge in [-0.25, -0.2) is 13.4 Å². The highest BCUT2D eigenvalue weighted by Gasteiger charge is 2.30. The van der Waals surface area contributed by atoms with E-state index >= 15 is 0 Å². The van der Waals surface area contributed by atoms with Gasteiger partial charge in [0, 0.05) is 32.2 Å². The molecule has 28 heavy (non-hydrogen) atoms. The van der Waals surface area contributed by atoms with E-state index in [4.69, 9.17) is 0 Å². The lowest BCUT2D eigenvalue weighted by atomic mass is 10.2. The van der Waals surface area contributed by atoms with Crippen molar-refractivity contribution in [2.45, 2.75) is 24.0 Å². The van der Waals surface area contributed by atoms with Crippen LogP contribution in [-0.4, -0.2) is 71.3 Å². The molecule has 0 bridgehead atoms. The van der Waals surface area contributed by atoms with Gasteiger partial charge >= 0.3 is 0 Å². The predicted octanol–water partition coefficient (Wildman–Crippen LogP) is 2.08. The van der Waals surface area contributed by atoms with Gasteiger partial charge in [0.1, 0.15) is 0 Å². The first-order chi connectivity index (χ1) is 13.4. The van der Waals surface area contributed by atoms with Crippen molar-refractivity contribution in [3.05, 3.63) is 36.5 Å². The van der Waals surface area contributed by atoms with E-state index < -0.39 is 10.0 Å². The lowest BCUT2D eigenvalue weighted by molar-refractivity contribution is -0.129. The maximum Gasteiger partial charge on any atom is 0.233 e. The van der Waals surface area contributed by atoms with E-state index in [0.717, 1.165) is 29.3 Å². The Morgan fingerprint density at radius 3 is 2.43 bits per heavy atom. The van der Waals surface area contributed by atoms with Crippen LogP contribution in [0, 0.1) is 0 Å². The van der Waals surface area contributed by atoms with E-state index in [1.807, 2.05) is 24.4 Å². The summed E-state index contributed by atoms with van der Waals surface area (Å²) in [7, 11) is -3.19. The molecule has 150 valence electrons. The van der Waals surface area contributed by atoms with Gasteiger partial charge in [-0.15, -0.1) is 0 Å². The molecule has 4 rings (SSSR count). The van der Waals surface area contributed by atoms with Gasteiger partial charge < -0.3 is 9.47 Å². The number of sulfonamides is 1. The Kier molecular flexibility index (Phi) is 5.48. The van der Waals surface area contributed by atoms with Crippen LogP contribution in [0.25, 0.3) is 11.3 Å². The summed E-state index contributed by atoms with van der Waals surface area (Å²) in [5.41, 5.74) is 2.23. The number of thioether (sulfide) groups is 1. The molecule has 2 aromatic rings. The van der Waals surface area contributed by atoms with Gasteiger partial charge in [-0.3, -0.25) is 4.79 Å². The first-order valence-corrected chi connectivity index (χ1v) is 12.3. The average Bonchev–Trinajstić information content (AvgIpc) is 3.45. The Bertz CT molecular complexity index is 947. The first kappa shape index (κ1) is 19.5. The molecule has 0 unspecified atom stereocenters. The van der Waals surface area contributed by atoms with Crippen LogP contribution in [0.4, 0.5) is 0 Å². The maximum absolute atomic E-state index is 12.6. The smallest absolute Gasteiger partial charge is 0.233 e. The molecule has 0 atom stereocenters. The molecular formula is C19H24N4O3S2. The Labute approximate surface area is 169 Å². The third-order valence-electron chi connectivity index (χ3n) is 5.13. The number of hydrogen-bond acceptors (Lipinski definition) is 5. The summed E-state index contributed by atoms with van der Waals surface area (Å²) in [4.78, 5) is 18.9. The zero-order valence-electron chi connectivity index (χ0n) is 15.8. The van der Waals surface area contributed by atoms with Gasteiger partial charge in [0.15, 0.2) is 5.16 Å². The van der Waals surface area contributed by atoms with Crippen LogP contribution < -0.4 is 0 Å². The zero-order chi connectivity index (χ0) is 19.7. The third-order valence-corrected chi connectivity index (χ3v) is 7.38. The van der Waals surface area contributed by atoms with Crippen LogP contribution in [0.2, 0.25) is 0 Å². The number of amides is 1. The van der Waals surface area contributed by atoms with Crippen LogP contribution in [0.1, 0.15) is 18.9 Å². The lowest BCUT2D eigenvalue weighted by Crippen LogP contribution is -2.50. The monoisotopic (exact) mass is 420 g/mol. The fraction of sp³-hybridized carbons (Fsp3) is 0.474. The number of carbonyl (C=O) groups excluding carboxylic acids is 1. The summed E-state index contributed by atoms with van der Waals surface area (Å²) < 4.78 is 26.9. The van der Waals surface area contributed by atoms with Crippen molar-refractivity contribution in [2.24, 2.45) is 0 Å². The standard InChI is InChI=1S/C19H24N4O3S2/c1-28(25,26)22-11-9-21(10-12-22)18(24)14-27-19-20-13-17(23(19)16-7-8-16)15-5-3-2-4-6-15/h2-6,13,16H,7-12,14H2,1H3. The summed E-state index contributed by atoms with van der Waals surface area (Å²) in [6, 6.07) is 10.7. The fourth-order valence-corrected chi connectivity index (χ4v) is 5.22. The summed E-state index contributed by atoms with van der Waals surface area (Å²) in [5.74, 6) is 0.348. The summed E-state index contributed by atoms with van der Waals surface area (Å²) in [5, 5.41) is 0.879. The van der Waals surface area contributed by atoms with E-state index in [-0.39, 0.29) is 5.91 Å². The average molecular weight is 421 g/mol. The third kappa shape index (κ3) is 4.26. The van der Waals surface area contributed by atoms with Crippen LogP contribution >= 0.6 is 11.8 Å². The van der Waals surface area contributed by atoms with E-state index in [0.29, 0.717) is 38.0 Å². The fourth-order valence-electron chi connectivity index (χ4n) is 3.45. The summed E-state index contributed by atoms with van der Waals surface area (Å²) in [6.45, 7) is 1.62. The second kappa shape index (κ2) is 7.88. The Balaban J connectivity index is 1.40. The van der Waals surface area contributed by atoms with Crippen molar-refractivity contribution in [1.82, 2.24) is 18.8 Å². The number of nitrogens with zero attached hydrogens (tertiary/aromatic N) is 4. The Morgan fingerprint density at radius 1 is 1.14 bits per heavy atom. The molecule has 2 aliphatic rings. The second-order valence-corrected chi connectivity index (χ2v) is 10.1. The molecule has 2 fully saturated rings. The van der Waals surface area contributed by atoms with Crippen molar-refractivity contribution >= 4 is 27.7 Å². The topological polar surface area (TPSA) is 75.5 Å². The number of benzene rings is 1. The minimum absolute atomic E-state index is 0.0322. The molecule has 1 amide bonds. The van der Waals surface area contributed by atoms with Crippen LogP contribution in [0.5, 0.6) is 0 Å². The first-order valence-electron chi connectivity index (χ1n) is 9.42. The Morgan fingerprint density at radius 2 is 1.82 bits per heavy atom. The van der Waals surface area contributed by atoms with Gasteiger partial charge in [-0.2, -0.15) is 4.31 Å². The number of aromatic nitrogens is 2. The number of piperazine rings is 1. The number of imidazole rings is 1. The van der Waals surface area contributed by atoms with Gasteiger partial charge in [-0.1, -0.05) is 42.1 Å². The largest absolute Gasteiger partial charge is 0.339 e. The highest BCUT2D eigenvalue weighted by atomic mass is 32.2. The molecule has 0 N–H and O–H groups in total. The minimum Gasteiger partial charge on any atom is -0.339 e. The summed E-state index contributed by atoms with van der Waals surface area (Å²) >= 11 is 1.47. The number of carbonyl (C=O) groups is 1. The van der Waals surface area contributed by atoms with Crippen molar-refractivity contribution < 1.29 is 13.2 Å². The molecule has 1 aromatic heterocycles. The van der Waals surface area contributed by atoms with Crippen molar-refractivity contribution in [1.29, 1.82) is 0 Å². The molecule has 1 aromatic carbocycles. The van der Waals surface area contributed by atoms with E-state index in [1.54, 1.807) is 4.90 Å². The van der Waals surface area contributed by atoms with Crippen LogP contribution in [-0.2, 0) is 14.8 Å². The van der Waals surface area contributed by atoms with Crippen molar-refractivity contribution in [3.8, 4) is 11.3 Å². The molecular weight excluding hydrogens is 396 g/mol. The van der Waals surface area contributed by atoms with E-state index in [1.165, 1.54) is 22.3 Å². The SMILES string of the molecule is CS(=O)(=O)N1CCN(C(=O)CSc2ncc(-c3ccccc3)n2C2CC2)CC1. The quantitative estimate of drug-likeness (QED) is 0.669. The van der Waals surface area contributed by atoms with Crippen molar-refractivity contribution in [2.75, 3.05) is 38.2 Å². The van der Waals surface area contributed by atoms with E-state index in [2.05, 4.69) is 21.7 Å². The van der Waals surface area contributed by atoms with Crippen LogP contribution in [0.15, 0.2) is 41.7 Å². The zero-order valence-corrected chi connectivity index (χ0v) is 17.5. The predicted molar refractivity (Wildman–Crippen MR) is 110 cm³/mol. The molecule has 0 spiro atoms. The molecule has 7 nitrogen and oxygen atoms in total. The van der Waals surface area contributed by atoms with Crippen LogP contribution in [0.3, 0.4) is 0 Å². The molecule has 2 heterocycles. The number of rotatable bonds is 6. The second-order valence-electron chi connectivity index (χ2n) is 7.22. The number of hydrogen-bond donors (Lipinski definition) is 0. The van der Waals surface area contributed by atoms with E-state index in [9.17, 15) is 13.2 Å². The van der Waals surface area contributed by atoms with Gasteiger partial charge in [0.2, 0.25) is 15.9 Å². The Hall–Kier alpha value is -1.84. The lowest BCUT2D eigenvalue weighted by Gasteiger charge is -2.33. The normalized spacial score (nSPS) is 18.4. The molecule has 9 heteroatoms. The molecule has 1 aliphatic carbocycles. The van der Waals surface area contributed by atoms with Gasteiger partial charge in [0.05, 0.1) is 23.9 Å². The maximum atomic E-state index is 12.6. The highest BCUT2D eigenvalue weighted by Crippen LogP contribution is 2.41. The molecule has 1 saturated heterocycles. The van der Waals surface area contributed by atoms with Gasteiger partial charge in [0.25, 0.3) is 0 Å². The molecule has 1 saturated carbocycles. The molecule has 1 aliphatic heterocycles. The molecule has 0 radical (unpaired) electrons. The van der Waals surface area contributed by atoms with Gasteiger partial charge in [-0.05, 0) is 18.4 Å². The minimum atomic E-state index is -3.19. The van der Waals surface area contributed by atoms with Crippen molar-refractivity contribution in [3.63, 3.8) is 0 Å².